The van der Waals surface area contributed by atoms with E-state index >= 15 is 0 Å². The monoisotopic (exact) mass is 264 g/mol. The molecule has 0 saturated heterocycles. The lowest BCUT2D eigenvalue weighted by Crippen LogP contribution is -2.18. The topological polar surface area (TPSA) is 20.2 Å². The first kappa shape index (κ1) is 14.0. The van der Waals surface area contributed by atoms with Crippen LogP contribution in [0.2, 0.25) is 0 Å². The molecular weight excluding hydrogens is 240 g/mol. The first-order valence-corrected chi connectivity index (χ1v) is 8.30. The highest BCUT2D eigenvalue weighted by molar-refractivity contribution is 7.99. The van der Waals surface area contributed by atoms with Gasteiger partial charge in [0.05, 0.1) is 6.10 Å². The Balaban J connectivity index is 1.90. The van der Waals surface area contributed by atoms with E-state index in [9.17, 15) is 5.11 Å². The zero-order valence-electron chi connectivity index (χ0n) is 11.3. The third-order valence-corrected chi connectivity index (χ3v) is 5.03. The number of benzene rings is 1. The molecule has 0 bridgehead atoms. The van der Waals surface area contributed by atoms with Gasteiger partial charge in [0.2, 0.25) is 0 Å². The largest absolute Gasteiger partial charge is 0.392 e. The molecule has 0 saturated carbocycles. The lowest BCUT2D eigenvalue weighted by molar-refractivity contribution is 0.175. The predicted molar refractivity (Wildman–Crippen MR) is 80.4 cm³/mol. The van der Waals surface area contributed by atoms with Gasteiger partial charge in [-0.2, -0.15) is 11.8 Å². The molecule has 2 atom stereocenters. The molecule has 1 nitrogen and oxygen atoms in total. The fourth-order valence-electron chi connectivity index (χ4n) is 2.86. The molecule has 1 aliphatic rings. The number of hydrogen-bond donors (Lipinski definition) is 1. The van der Waals surface area contributed by atoms with Crippen LogP contribution in [0.1, 0.15) is 49.7 Å². The molecule has 100 valence electrons. The first-order valence-electron chi connectivity index (χ1n) is 7.15. The van der Waals surface area contributed by atoms with Crippen molar-refractivity contribution in [1.82, 2.24) is 0 Å². The molecule has 18 heavy (non-hydrogen) atoms. The minimum Gasteiger partial charge on any atom is -0.392 e. The molecule has 1 aromatic carbocycles. The first-order chi connectivity index (χ1) is 8.81. The Morgan fingerprint density at radius 3 is 3.06 bits per heavy atom. The summed E-state index contributed by atoms with van der Waals surface area (Å²) in [4.78, 5) is 0. The molecule has 0 radical (unpaired) electrons. The van der Waals surface area contributed by atoms with E-state index in [4.69, 9.17) is 0 Å². The molecule has 0 heterocycles. The lowest BCUT2D eigenvalue weighted by Gasteiger charge is -2.27. The summed E-state index contributed by atoms with van der Waals surface area (Å²) in [5.74, 6) is 2.64. The number of hydrogen-bond acceptors (Lipinski definition) is 2. The Bertz CT molecular complexity index is 364. The number of thioether (sulfide) groups is 1. The van der Waals surface area contributed by atoms with Gasteiger partial charge in [0.25, 0.3) is 0 Å². The van der Waals surface area contributed by atoms with E-state index in [0.717, 1.165) is 17.9 Å². The fraction of sp³-hybridized carbons (Fsp3) is 0.625. The van der Waals surface area contributed by atoms with Crippen molar-refractivity contribution in [3.63, 3.8) is 0 Å². The SMILES string of the molecule is CCCSCC(O)CC1CCCc2ccccc21. The summed E-state index contributed by atoms with van der Waals surface area (Å²) >= 11 is 1.88. The third kappa shape index (κ3) is 3.76. The second kappa shape index (κ2) is 7.20. The number of aliphatic hydroxyl groups excluding tert-OH is 1. The van der Waals surface area contributed by atoms with Crippen LogP contribution in [0.5, 0.6) is 0 Å². The normalized spacial score (nSPS) is 20.4. The Hall–Kier alpha value is -0.470. The van der Waals surface area contributed by atoms with Crippen LogP contribution in [0, 0.1) is 0 Å². The van der Waals surface area contributed by atoms with E-state index in [1.54, 1.807) is 0 Å². The van der Waals surface area contributed by atoms with Crippen molar-refractivity contribution < 1.29 is 5.11 Å². The standard InChI is InChI=1S/C16H24OS/c1-2-10-18-12-15(17)11-14-8-5-7-13-6-3-4-9-16(13)14/h3-4,6,9,14-15,17H,2,5,7-8,10-12H2,1H3. The van der Waals surface area contributed by atoms with Crippen molar-refractivity contribution in [3.8, 4) is 0 Å². The Morgan fingerprint density at radius 1 is 1.39 bits per heavy atom. The van der Waals surface area contributed by atoms with E-state index in [0.29, 0.717) is 5.92 Å². The number of aryl methyl sites for hydroxylation is 1. The van der Waals surface area contributed by atoms with Crippen LogP contribution in [0.15, 0.2) is 24.3 Å². The average Bonchev–Trinajstić information content (AvgIpc) is 2.39. The van der Waals surface area contributed by atoms with Crippen molar-refractivity contribution in [2.75, 3.05) is 11.5 Å². The molecule has 2 heteroatoms. The molecule has 0 aliphatic heterocycles. The highest BCUT2D eigenvalue weighted by Gasteiger charge is 2.22. The summed E-state index contributed by atoms with van der Waals surface area (Å²) < 4.78 is 0. The van der Waals surface area contributed by atoms with Gasteiger partial charge in [-0.05, 0) is 54.9 Å². The molecule has 0 amide bonds. The van der Waals surface area contributed by atoms with Gasteiger partial charge in [-0.3, -0.25) is 0 Å². The van der Waals surface area contributed by atoms with Gasteiger partial charge < -0.3 is 5.11 Å². The lowest BCUT2D eigenvalue weighted by atomic mass is 9.80. The van der Waals surface area contributed by atoms with E-state index in [2.05, 4.69) is 31.2 Å². The third-order valence-electron chi connectivity index (χ3n) is 3.71. The summed E-state index contributed by atoms with van der Waals surface area (Å²) in [7, 11) is 0. The Kier molecular flexibility index (Phi) is 5.58. The van der Waals surface area contributed by atoms with Gasteiger partial charge in [0, 0.05) is 5.75 Å². The maximum atomic E-state index is 10.1. The fourth-order valence-corrected chi connectivity index (χ4v) is 3.72. The van der Waals surface area contributed by atoms with Crippen LogP contribution in [0.3, 0.4) is 0 Å². The molecular formula is C16H24OS. The van der Waals surface area contributed by atoms with E-state index in [-0.39, 0.29) is 6.10 Å². The Morgan fingerprint density at radius 2 is 2.22 bits per heavy atom. The van der Waals surface area contributed by atoms with Gasteiger partial charge in [0.15, 0.2) is 0 Å². The zero-order chi connectivity index (χ0) is 12.8. The van der Waals surface area contributed by atoms with E-state index in [1.807, 2.05) is 11.8 Å². The van der Waals surface area contributed by atoms with Gasteiger partial charge in [-0.1, -0.05) is 31.2 Å². The minimum atomic E-state index is -0.141. The summed E-state index contributed by atoms with van der Waals surface area (Å²) in [5.41, 5.74) is 2.99. The average molecular weight is 264 g/mol. The van der Waals surface area contributed by atoms with Crippen molar-refractivity contribution >= 4 is 11.8 Å². The highest BCUT2D eigenvalue weighted by atomic mass is 32.2. The predicted octanol–water partition coefficient (Wildman–Crippen LogP) is 4.00. The molecule has 0 aromatic heterocycles. The van der Waals surface area contributed by atoms with Crippen LogP contribution in [-0.4, -0.2) is 22.7 Å². The van der Waals surface area contributed by atoms with E-state index < -0.39 is 0 Å². The van der Waals surface area contributed by atoms with Crippen molar-refractivity contribution in [2.24, 2.45) is 0 Å². The van der Waals surface area contributed by atoms with Crippen molar-refractivity contribution in [1.29, 1.82) is 0 Å². The molecule has 1 aromatic rings. The van der Waals surface area contributed by atoms with Crippen molar-refractivity contribution in [3.05, 3.63) is 35.4 Å². The smallest absolute Gasteiger partial charge is 0.0636 e. The summed E-state index contributed by atoms with van der Waals surface area (Å²) in [5, 5.41) is 10.1. The number of fused-ring (bicyclic) bond motifs is 1. The maximum absolute atomic E-state index is 10.1. The molecule has 0 spiro atoms. The molecule has 2 rings (SSSR count). The summed E-state index contributed by atoms with van der Waals surface area (Å²) in [6.45, 7) is 2.19. The maximum Gasteiger partial charge on any atom is 0.0636 e. The zero-order valence-corrected chi connectivity index (χ0v) is 12.1. The summed E-state index contributed by atoms with van der Waals surface area (Å²) in [6.07, 6.45) is 5.73. The van der Waals surface area contributed by atoms with E-state index in [1.165, 1.54) is 36.8 Å². The van der Waals surface area contributed by atoms with Crippen LogP contribution >= 0.6 is 11.8 Å². The molecule has 1 aliphatic carbocycles. The highest BCUT2D eigenvalue weighted by Crippen LogP contribution is 2.34. The van der Waals surface area contributed by atoms with Crippen LogP contribution < -0.4 is 0 Å². The molecule has 0 fully saturated rings. The Labute approximate surface area is 115 Å². The van der Waals surface area contributed by atoms with Gasteiger partial charge in [-0.25, -0.2) is 0 Å². The second-order valence-electron chi connectivity index (χ2n) is 5.25. The number of aliphatic hydroxyl groups is 1. The minimum absolute atomic E-state index is 0.141. The van der Waals surface area contributed by atoms with Crippen LogP contribution in [0.25, 0.3) is 0 Å². The second-order valence-corrected chi connectivity index (χ2v) is 6.40. The van der Waals surface area contributed by atoms with Gasteiger partial charge >= 0.3 is 0 Å². The molecule has 2 unspecified atom stereocenters. The van der Waals surface area contributed by atoms with Crippen LogP contribution in [0.4, 0.5) is 0 Å². The van der Waals surface area contributed by atoms with Gasteiger partial charge in [0.1, 0.15) is 0 Å². The molecule has 1 N–H and O–H groups in total. The number of rotatable bonds is 6. The van der Waals surface area contributed by atoms with Gasteiger partial charge in [-0.15, -0.1) is 0 Å². The summed E-state index contributed by atoms with van der Waals surface area (Å²) in [6, 6.07) is 8.77. The van der Waals surface area contributed by atoms with Crippen LogP contribution in [-0.2, 0) is 6.42 Å². The van der Waals surface area contributed by atoms with Crippen molar-refractivity contribution in [2.45, 2.75) is 51.0 Å². The quantitative estimate of drug-likeness (QED) is 0.784.